The van der Waals surface area contributed by atoms with Gasteiger partial charge in [-0.1, -0.05) is 0 Å². The van der Waals surface area contributed by atoms with Gasteiger partial charge in [-0.3, -0.25) is 9.59 Å². The second-order valence-electron chi connectivity index (χ2n) is 5.53. The minimum Gasteiger partial charge on any atom is -0.368 e. The minimum atomic E-state index is 0.0504. The van der Waals surface area contributed by atoms with Gasteiger partial charge in [-0.15, -0.1) is 0 Å². The van der Waals surface area contributed by atoms with Gasteiger partial charge < -0.3 is 20.3 Å². The molecule has 2 saturated heterocycles. The maximum absolute atomic E-state index is 12.1. The molecule has 0 spiro atoms. The van der Waals surface area contributed by atoms with Gasteiger partial charge in [0.25, 0.3) is 0 Å². The number of carbonyl (C=O) groups excluding carboxylic acids is 2. The van der Waals surface area contributed by atoms with Crippen molar-refractivity contribution >= 4 is 11.8 Å². The lowest BCUT2D eigenvalue weighted by Gasteiger charge is -2.31. The summed E-state index contributed by atoms with van der Waals surface area (Å²) in [5.74, 6) is 0.191. The first-order valence-electron chi connectivity index (χ1n) is 7.52. The Hall–Kier alpha value is -1.14. The van der Waals surface area contributed by atoms with Crippen molar-refractivity contribution in [1.29, 1.82) is 0 Å². The molecule has 6 heteroatoms. The first kappa shape index (κ1) is 15.3. The predicted octanol–water partition coefficient (Wildman–Crippen LogP) is -0.260. The van der Waals surface area contributed by atoms with Gasteiger partial charge in [0.1, 0.15) is 6.61 Å². The summed E-state index contributed by atoms with van der Waals surface area (Å²) in [6.45, 7) is 3.43. The van der Waals surface area contributed by atoms with E-state index in [9.17, 15) is 9.59 Å². The predicted molar refractivity (Wildman–Crippen MR) is 75.2 cm³/mol. The van der Waals surface area contributed by atoms with Crippen LogP contribution in [0.5, 0.6) is 0 Å². The van der Waals surface area contributed by atoms with E-state index in [1.54, 1.807) is 7.05 Å². The first-order chi connectivity index (χ1) is 9.70. The highest BCUT2D eigenvalue weighted by atomic mass is 16.5. The van der Waals surface area contributed by atoms with E-state index in [1.807, 2.05) is 4.90 Å². The fraction of sp³-hybridized carbons (Fsp3) is 0.857. The summed E-state index contributed by atoms with van der Waals surface area (Å²) in [5.41, 5.74) is 0. The Morgan fingerprint density at radius 1 is 1.20 bits per heavy atom. The molecule has 2 aliphatic heterocycles. The largest absolute Gasteiger partial charge is 0.368 e. The van der Waals surface area contributed by atoms with E-state index in [-0.39, 0.29) is 30.4 Å². The van der Waals surface area contributed by atoms with Crippen molar-refractivity contribution in [1.82, 2.24) is 15.5 Å². The zero-order valence-electron chi connectivity index (χ0n) is 12.2. The van der Waals surface area contributed by atoms with Crippen LogP contribution in [-0.4, -0.2) is 62.7 Å². The molecule has 20 heavy (non-hydrogen) atoms. The van der Waals surface area contributed by atoms with Crippen LogP contribution in [0.15, 0.2) is 0 Å². The highest BCUT2D eigenvalue weighted by Gasteiger charge is 2.27. The van der Waals surface area contributed by atoms with Crippen molar-refractivity contribution in [3.63, 3.8) is 0 Å². The number of rotatable bonds is 4. The summed E-state index contributed by atoms with van der Waals surface area (Å²) in [6.07, 6.45) is 3.67. The molecular weight excluding hydrogens is 258 g/mol. The Morgan fingerprint density at radius 2 is 1.85 bits per heavy atom. The molecule has 2 fully saturated rings. The third-order valence-electron chi connectivity index (χ3n) is 4.19. The molecule has 0 bridgehead atoms. The second kappa shape index (κ2) is 7.59. The number of nitrogens with zero attached hydrogens (tertiary/aromatic N) is 1. The monoisotopic (exact) mass is 283 g/mol. The zero-order chi connectivity index (χ0) is 14.4. The van der Waals surface area contributed by atoms with Crippen molar-refractivity contribution in [2.45, 2.75) is 31.8 Å². The molecule has 2 rings (SSSR count). The minimum absolute atomic E-state index is 0.0504. The lowest BCUT2D eigenvalue weighted by Crippen LogP contribution is -2.44. The quantitative estimate of drug-likeness (QED) is 0.746. The standard InChI is InChI=1S/C14H25N3O3/c1-15-14(19)11-4-8-17(9-5-11)13(18)10-20-12-2-6-16-7-3-12/h11-12,16H,2-10H2,1H3,(H,15,19). The lowest BCUT2D eigenvalue weighted by atomic mass is 9.96. The van der Waals surface area contributed by atoms with Crippen molar-refractivity contribution in [2.24, 2.45) is 5.92 Å². The van der Waals surface area contributed by atoms with Crippen LogP contribution in [0.1, 0.15) is 25.7 Å². The van der Waals surface area contributed by atoms with Crippen molar-refractivity contribution in [3.8, 4) is 0 Å². The van der Waals surface area contributed by atoms with Crippen molar-refractivity contribution in [3.05, 3.63) is 0 Å². The van der Waals surface area contributed by atoms with Crippen LogP contribution < -0.4 is 10.6 Å². The fourth-order valence-electron chi connectivity index (χ4n) is 2.84. The zero-order valence-corrected chi connectivity index (χ0v) is 12.2. The molecule has 0 atom stereocenters. The van der Waals surface area contributed by atoms with Gasteiger partial charge in [-0.25, -0.2) is 0 Å². The Kier molecular flexibility index (Phi) is 5.79. The van der Waals surface area contributed by atoms with Gasteiger partial charge in [-0.2, -0.15) is 0 Å². The average molecular weight is 283 g/mol. The third kappa shape index (κ3) is 4.18. The van der Waals surface area contributed by atoms with E-state index in [1.165, 1.54) is 0 Å². The van der Waals surface area contributed by atoms with Gasteiger partial charge in [0.2, 0.25) is 11.8 Å². The van der Waals surface area contributed by atoms with Crippen LogP contribution in [0.4, 0.5) is 0 Å². The molecule has 114 valence electrons. The van der Waals surface area contributed by atoms with Gasteiger partial charge in [0, 0.05) is 26.1 Å². The molecule has 0 aromatic rings. The smallest absolute Gasteiger partial charge is 0.248 e. The Bertz CT molecular complexity index is 335. The molecule has 6 nitrogen and oxygen atoms in total. The summed E-state index contributed by atoms with van der Waals surface area (Å²) in [5, 5.41) is 5.95. The molecule has 2 aliphatic rings. The van der Waals surface area contributed by atoms with Crippen LogP contribution in [0.25, 0.3) is 0 Å². The maximum Gasteiger partial charge on any atom is 0.248 e. The normalized spacial score (nSPS) is 21.8. The second-order valence-corrected chi connectivity index (χ2v) is 5.53. The summed E-state index contributed by atoms with van der Waals surface area (Å²) >= 11 is 0. The highest BCUT2D eigenvalue weighted by Crippen LogP contribution is 2.17. The first-order valence-corrected chi connectivity index (χ1v) is 7.52. The molecule has 2 heterocycles. The molecular formula is C14H25N3O3. The number of amides is 2. The molecule has 0 aromatic heterocycles. The van der Waals surface area contributed by atoms with Gasteiger partial charge in [0.05, 0.1) is 6.10 Å². The molecule has 2 amide bonds. The van der Waals surface area contributed by atoms with E-state index in [0.717, 1.165) is 38.8 Å². The fourth-order valence-corrected chi connectivity index (χ4v) is 2.84. The summed E-state index contributed by atoms with van der Waals surface area (Å²) in [6, 6.07) is 0. The Balaban J connectivity index is 1.67. The van der Waals surface area contributed by atoms with E-state index >= 15 is 0 Å². The van der Waals surface area contributed by atoms with Crippen molar-refractivity contribution < 1.29 is 14.3 Å². The topological polar surface area (TPSA) is 70.7 Å². The number of piperidine rings is 2. The molecule has 0 aliphatic carbocycles. The van der Waals surface area contributed by atoms with E-state index in [0.29, 0.717) is 13.1 Å². The molecule has 2 N–H and O–H groups in total. The maximum atomic E-state index is 12.1. The van der Waals surface area contributed by atoms with Crippen molar-refractivity contribution in [2.75, 3.05) is 39.8 Å². The van der Waals surface area contributed by atoms with Crippen LogP contribution in [0, 0.1) is 5.92 Å². The third-order valence-corrected chi connectivity index (χ3v) is 4.19. The number of ether oxygens (including phenoxy) is 1. The van der Waals surface area contributed by atoms with Crippen LogP contribution in [0.3, 0.4) is 0 Å². The Morgan fingerprint density at radius 3 is 2.45 bits per heavy atom. The number of nitrogens with one attached hydrogen (secondary N) is 2. The van der Waals surface area contributed by atoms with Crippen LogP contribution in [0.2, 0.25) is 0 Å². The van der Waals surface area contributed by atoms with Gasteiger partial charge in [-0.05, 0) is 38.8 Å². The van der Waals surface area contributed by atoms with E-state index in [4.69, 9.17) is 4.74 Å². The molecule has 0 unspecified atom stereocenters. The SMILES string of the molecule is CNC(=O)C1CCN(C(=O)COC2CCNCC2)CC1. The van der Waals surface area contributed by atoms with Crippen LogP contribution >= 0.6 is 0 Å². The number of hydrogen-bond donors (Lipinski definition) is 2. The number of likely N-dealkylation sites (tertiary alicyclic amines) is 1. The van der Waals surface area contributed by atoms with E-state index < -0.39 is 0 Å². The Labute approximate surface area is 120 Å². The van der Waals surface area contributed by atoms with Gasteiger partial charge >= 0.3 is 0 Å². The lowest BCUT2D eigenvalue weighted by molar-refractivity contribution is -0.141. The van der Waals surface area contributed by atoms with Gasteiger partial charge in [0.15, 0.2) is 0 Å². The summed E-state index contributed by atoms with van der Waals surface area (Å²) in [4.78, 5) is 25.4. The average Bonchev–Trinajstić information content (AvgIpc) is 2.53. The summed E-state index contributed by atoms with van der Waals surface area (Å²) < 4.78 is 5.68. The highest BCUT2D eigenvalue weighted by molar-refractivity contribution is 5.80. The molecule has 0 radical (unpaired) electrons. The van der Waals surface area contributed by atoms with Crippen LogP contribution in [-0.2, 0) is 14.3 Å². The summed E-state index contributed by atoms with van der Waals surface area (Å²) in [7, 11) is 1.66. The molecule has 0 aromatic carbocycles. The number of carbonyl (C=O) groups is 2. The van der Waals surface area contributed by atoms with E-state index in [2.05, 4.69) is 10.6 Å². The number of hydrogen-bond acceptors (Lipinski definition) is 4. The molecule has 0 saturated carbocycles.